The van der Waals surface area contributed by atoms with Crippen molar-refractivity contribution in [1.29, 1.82) is 0 Å². The lowest BCUT2D eigenvalue weighted by atomic mass is 9.70. The molecule has 0 saturated heterocycles. The Kier molecular flexibility index (Phi) is 4.98. The van der Waals surface area contributed by atoms with Crippen LogP contribution in [0.5, 0.6) is 0 Å². The van der Waals surface area contributed by atoms with E-state index in [2.05, 4.69) is 39.5 Å². The number of carbonyl (C=O) groups is 1. The zero-order valence-corrected chi connectivity index (χ0v) is 16.4. The van der Waals surface area contributed by atoms with E-state index in [4.69, 9.17) is 4.74 Å². The number of carbonyl (C=O) groups excluding carboxylic acids is 1. The van der Waals surface area contributed by atoms with Crippen molar-refractivity contribution >= 4 is 5.97 Å². The van der Waals surface area contributed by atoms with Gasteiger partial charge < -0.3 is 4.74 Å². The lowest BCUT2D eigenvalue weighted by Gasteiger charge is -2.39. The molecule has 3 nitrogen and oxygen atoms in total. The Balaban J connectivity index is 1.82. The van der Waals surface area contributed by atoms with Crippen LogP contribution in [0.25, 0.3) is 0 Å². The van der Waals surface area contributed by atoms with E-state index in [1.165, 1.54) is 12.8 Å². The molecule has 1 aromatic carbocycles. The molecule has 0 aliphatic heterocycles. The number of benzene rings is 1. The molecular formula is C22H33NO2. The van der Waals surface area contributed by atoms with Gasteiger partial charge in [-0.2, -0.15) is 0 Å². The van der Waals surface area contributed by atoms with Gasteiger partial charge in [0.05, 0.1) is 0 Å². The molecule has 0 amide bonds. The van der Waals surface area contributed by atoms with Crippen molar-refractivity contribution in [2.45, 2.75) is 66.0 Å². The Labute approximate surface area is 152 Å². The minimum absolute atomic E-state index is 0.0514. The molecule has 0 spiro atoms. The molecule has 3 heteroatoms. The number of esters is 1. The number of likely N-dealkylation sites (N-methyl/N-ethyl adjacent to an activating group) is 1. The van der Waals surface area contributed by atoms with Crippen molar-refractivity contribution < 1.29 is 9.53 Å². The summed E-state index contributed by atoms with van der Waals surface area (Å²) in [5.74, 6) is 0.600. The Morgan fingerprint density at radius 1 is 1.20 bits per heavy atom. The molecule has 25 heavy (non-hydrogen) atoms. The molecule has 0 radical (unpaired) electrons. The molecule has 2 saturated carbocycles. The summed E-state index contributed by atoms with van der Waals surface area (Å²) in [5, 5.41) is 0. The Morgan fingerprint density at radius 3 is 2.32 bits per heavy atom. The van der Waals surface area contributed by atoms with Crippen LogP contribution >= 0.6 is 0 Å². The van der Waals surface area contributed by atoms with Crippen molar-refractivity contribution in [1.82, 2.24) is 4.90 Å². The number of ether oxygens (including phenoxy) is 1. The van der Waals surface area contributed by atoms with Crippen LogP contribution < -0.4 is 0 Å². The summed E-state index contributed by atoms with van der Waals surface area (Å²) in [7, 11) is 0. The van der Waals surface area contributed by atoms with Crippen LogP contribution in [0.4, 0.5) is 0 Å². The molecule has 1 aromatic rings. The van der Waals surface area contributed by atoms with Crippen molar-refractivity contribution in [2.24, 2.45) is 16.7 Å². The zero-order chi connectivity index (χ0) is 18.2. The highest BCUT2D eigenvalue weighted by Crippen LogP contribution is 2.66. The van der Waals surface area contributed by atoms with Crippen LogP contribution in [0.2, 0.25) is 0 Å². The standard InChI is InChI=1S/C22H33NO2/c1-6-23(7-2)19(16-11-9-8-10-12-16)20(24)25-18-15-17-13-14-22(18,5)21(17,3)4/h8-12,17-19H,6-7,13-15H2,1-5H3/t17?,18-,19?,22-/m1/s1. The van der Waals surface area contributed by atoms with Gasteiger partial charge in [-0.05, 0) is 49.2 Å². The third-order valence-electron chi connectivity index (χ3n) is 7.49. The second kappa shape index (κ2) is 6.75. The number of nitrogens with zero attached hydrogens (tertiary/aromatic N) is 1. The zero-order valence-electron chi connectivity index (χ0n) is 16.4. The topological polar surface area (TPSA) is 29.5 Å². The first-order chi connectivity index (χ1) is 11.8. The fourth-order valence-electron chi connectivity index (χ4n) is 5.23. The Bertz CT molecular complexity index is 608. The number of hydrogen-bond donors (Lipinski definition) is 0. The summed E-state index contributed by atoms with van der Waals surface area (Å²) in [4.78, 5) is 15.4. The molecule has 2 aliphatic rings. The van der Waals surface area contributed by atoms with Crippen LogP contribution in [-0.4, -0.2) is 30.1 Å². The largest absolute Gasteiger partial charge is 0.460 e. The summed E-state index contributed by atoms with van der Waals surface area (Å²) < 4.78 is 6.20. The van der Waals surface area contributed by atoms with Gasteiger partial charge in [-0.1, -0.05) is 65.0 Å². The number of rotatable bonds is 6. The highest BCUT2D eigenvalue weighted by molar-refractivity contribution is 5.78. The molecule has 0 N–H and O–H groups in total. The van der Waals surface area contributed by atoms with Crippen molar-refractivity contribution in [3.05, 3.63) is 35.9 Å². The van der Waals surface area contributed by atoms with E-state index in [-0.39, 0.29) is 28.9 Å². The predicted octanol–water partition coefficient (Wildman–Crippen LogP) is 4.83. The van der Waals surface area contributed by atoms with Gasteiger partial charge in [-0.25, -0.2) is 4.79 Å². The molecule has 4 atom stereocenters. The van der Waals surface area contributed by atoms with E-state index in [1.807, 2.05) is 30.3 Å². The summed E-state index contributed by atoms with van der Waals surface area (Å²) in [6.07, 6.45) is 3.52. The monoisotopic (exact) mass is 343 g/mol. The Morgan fingerprint density at radius 2 is 1.84 bits per heavy atom. The first-order valence-corrected chi connectivity index (χ1v) is 9.84. The van der Waals surface area contributed by atoms with E-state index in [9.17, 15) is 4.79 Å². The third-order valence-corrected chi connectivity index (χ3v) is 7.49. The fourth-order valence-corrected chi connectivity index (χ4v) is 5.23. The summed E-state index contributed by atoms with van der Waals surface area (Å²) >= 11 is 0. The molecule has 2 fully saturated rings. The van der Waals surface area contributed by atoms with Crippen molar-refractivity contribution in [3.63, 3.8) is 0 Å². The van der Waals surface area contributed by atoms with Gasteiger partial charge in [0.1, 0.15) is 12.1 Å². The lowest BCUT2D eigenvalue weighted by molar-refractivity contribution is -0.163. The highest BCUT2D eigenvalue weighted by Gasteiger charge is 2.63. The summed E-state index contributed by atoms with van der Waals surface area (Å²) in [5.41, 5.74) is 1.40. The summed E-state index contributed by atoms with van der Waals surface area (Å²) in [6.45, 7) is 12.9. The average molecular weight is 344 g/mol. The van der Waals surface area contributed by atoms with E-state index in [0.717, 1.165) is 25.1 Å². The van der Waals surface area contributed by atoms with Crippen molar-refractivity contribution in [3.8, 4) is 0 Å². The third kappa shape index (κ3) is 2.91. The van der Waals surface area contributed by atoms with Gasteiger partial charge in [0.25, 0.3) is 0 Å². The summed E-state index contributed by atoms with van der Waals surface area (Å²) in [6, 6.07) is 9.77. The number of fused-ring (bicyclic) bond motifs is 2. The van der Waals surface area contributed by atoms with Crippen LogP contribution in [-0.2, 0) is 9.53 Å². The van der Waals surface area contributed by atoms with Crippen LogP contribution in [0, 0.1) is 16.7 Å². The van der Waals surface area contributed by atoms with E-state index >= 15 is 0 Å². The first-order valence-electron chi connectivity index (χ1n) is 9.84. The molecule has 2 unspecified atom stereocenters. The van der Waals surface area contributed by atoms with Crippen LogP contribution in [0.15, 0.2) is 30.3 Å². The van der Waals surface area contributed by atoms with Crippen LogP contribution in [0.1, 0.15) is 65.5 Å². The number of hydrogen-bond acceptors (Lipinski definition) is 3. The SMILES string of the molecule is CCN(CC)C(C(=O)O[C@@H]1CC2CC[C@@]1(C)C2(C)C)c1ccccc1. The Hall–Kier alpha value is -1.35. The normalized spacial score (nSPS) is 31.3. The van der Waals surface area contributed by atoms with E-state index in [1.54, 1.807) is 0 Å². The minimum Gasteiger partial charge on any atom is -0.460 e. The molecule has 0 heterocycles. The van der Waals surface area contributed by atoms with Gasteiger partial charge in [0.2, 0.25) is 0 Å². The lowest BCUT2D eigenvalue weighted by Crippen LogP contribution is -2.42. The predicted molar refractivity (Wildman–Crippen MR) is 101 cm³/mol. The molecule has 2 aliphatic carbocycles. The molecule has 0 aromatic heterocycles. The minimum atomic E-state index is -0.304. The highest BCUT2D eigenvalue weighted by atomic mass is 16.5. The quantitative estimate of drug-likeness (QED) is 0.693. The van der Waals surface area contributed by atoms with Gasteiger partial charge in [-0.3, -0.25) is 4.90 Å². The molecule has 3 rings (SSSR count). The fraction of sp³-hybridized carbons (Fsp3) is 0.682. The van der Waals surface area contributed by atoms with E-state index in [0.29, 0.717) is 5.92 Å². The average Bonchev–Trinajstić information content (AvgIpc) is 2.93. The van der Waals surface area contributed by atoms with Crippen molar-refractivity contribution in [2.75, 3.05) is 13.1 Å². The maximum Gasteiger partial charge on any atom is 0.328 e. The van der Waals surface area contributed by atoms with Gasteiger partial charge in [0.15, 0.2) is 0 Å². The van der Waals surface area contributed by atoms with Crippen LogP contribution in [0.3, 0.4) is 0 Å². The maximum absolute atomic E-state index is 13.2. The second-order valence-electron chi connectivity index (χ2n) is 8.57. The van der Waals surface area contributed by atoms with Gasteiger partial charge >= 0.3 is 5.97 Å². The van der Waals surface area contributed by atoms with Gasteiger partial charge in [0, 0.05) is 5.41 Å². The smallest absolute Gasteiger partial charge is 0.328 e. The second-order valence-corrected chi connectivity index (χ2v) is 8.57. The maximum atomic E-state index is 13.2. The first kappa shape index (κ1) is 18.4. The van der Waals surface area contributed by atoms with E-state index < -0.39 is 0 Å². The molecule has 138 valence electrons. The molecular weight excluding hydrogens is 310 g/mol. The molecule has 2 bridgehead atoms. The van der Waals surface area contributed by atoms with Gasteiger partial charge in [-0.15, -0.1) is 0 Å².